The van der Waals surface area contributed by atoms with Crippen LogP contribution in [0.25, 0.3) is 65.0 Å². The molecule has 20 heteroatoms. The molecule has 105 heavy (non-hydrogen) atoms. The Bertz CT molecular complexity index is 4730. The summed E-state index contributed by atoms with van der Waals surface area (Å²) in [6.45, 7) is 24.5. The van der Waals surface area contributed by atoms with Crippen LogP contribution in [0.15, 0.2) is 177 Å². The highest BCUT2D eigenvalue weighted by Crippen LogP contribution is 2.45. The standard InChI is InChI=1S/C25H24N2O2.C23H31BO3.C17H19BrO.C12H24B2O4.C8H5BrN2O/c28-24(16-5-2-1-3-6-16)19-10-11-22-17(13-19)7-4-8-21(22)18-9-12-23-20(14-18)15-26-27-25(23)29;1-22(2)23(3,4)27-24(26-22)20-12-8-11-17-15-18(13-14-19(17)20)21(25)16-9-6-5-7-10-16;18-16-8-4-7-13-11-14(9-10-15(13)16)17(19)12-5-2-1-3-6-12;1-9(2)10(3,4)16-13(15-9)14-17-11(5,6)12(7,8)18-14;9-6-1-2-7-5(3-6)4-10-11-8(7)12/h4,7-16,24,28H,1-3,5-6H2,(H,27,29);8,11-16,21,25H,5-7,9-10H2,1-4H3;4,7-12,17,19H,1-3,5-6H2;1-8H3;1-4H,(H,11,12). The smallest absolute Gasteiger partial charge is 0.405 e. The highest BCUT2D eigenvalue weighted by molar-refractivity contribution is 9.11. The van der Waals surface area contributed by atoms with Crippen molar-refractivity contribution in [1.82, 2.24) is 20.4 Å². The molecule has 3 unspecified atom stereocenters. The molecule has 5 N–H and O–H groups in total. The van der Waals surface area contributed by atoms with Gasteiger partial charge in [0.15, 0.2) is 0 Å². The number of hydrogen-bond donors (Lipinski definition) is 5. The van der Waals surface area contributed by atoms with E-state index < -0.39 is 14.0 Å². The van der Waals surface area contributed by atoms with Gasteiger partial charge in [0.1, 0.15) is 0 Å². The fourth-order valence-corrected chi connectivity index (χ4v) is 16.3. The van der Waals surface area contributed by atoms with Crippen molar-refractivity contribution in [2.45, 2.75) is 231 Å². The number of aromatic amines is 2. The molecule has 3 aliphatic carbocycles. The molecule has 16 rings (SSSR count). The normalized spacial score (nSPS) is 20.6. The molecule has 3 atom stereocenters. The molecular formula is C85H103B3Br2N4O11. The average molecular weight is 1550 g/mol. The van der Waals surface area contributed by atoms with Crippen molar-refractivity contribution in [1.29, 1.82) is 0 Å². The number of hydrogen-bond acceptors (Lipinski definition) is 13. The van der Waals surface area contributed by atoms with E-state index in [2.05, 4.69) is 183 Å². The summed E-state index contributed by atoms with van der Waals surface area (Å²) in [5.74, 6) is 1.20. The van der Waals surface area contributed by atoms with E-state index in [1.807, 2.05) is 91.8 Å². The molecule has 5 heterocycles. The predicted octanol–water partition coefficient (Wildman–Crippen LogP) is 19.3. The Morgan fingerprint density at radius 2 is 0.752 bits per heavy atom. The van der Waals surface area contributed by atoms with E-state index >= 15 is 0 Å². The molecule has 8 aromatic carbocycles. The molecule has 10 aromatic rings. The molecule has 0 spiro atoms. The van der Waals surface area contributed by atoms with Crippen molar-refractivity contribution in [3.05, 3.63) is 204 Å². The van der Waals surface area contributed by atoms with Crippen LogP contribution in [-0.2, 0) is 27.9 Å². The van der Waals surface area contributed by atoms with Crippen LogP contribution in [-0.4, -0.2) is 90.5 Å². The Labute approximate surface area is 636 Å². The first-order valence-corrected chi connectivity index (χ1v) is 39.4. The lowest BCUT2D eigenvalue weighted by Crippen LogP contribution is -2.41. The van der Waals surface area contributed by atoms with Crippen LogP contribution in [0, 0.1) is 17.8 Å². The van der Waals surface area contributed by atoms with Crippen molar-refractivity contribution in [2.75, 3.05) is 0 Å². The van der Waals surface area contributed by atoms with E-state index in [1.165, 1.54) is 68.6 Å². The fraction of sp³-hybridized carbons (Fsp3) is 0.459. The summed E-state index contributed by atoms with van der Waals surface area (Å²) in [7, 11) is -1.32. The highest BCUT2D eigenvalue weighted by Gasteiger charge is 2.64. The molecule has 15 nitrogen and oxygen atoms in total. The summed E-state index contributed by atoms with van der Waals surface area (Å²) < 4.78 is 38.4. The predicted molar refractivity (Wildman–Crippen MR) is 433 cm³/mol. The lowest BCUT2D eigenvalue weighted by molar-refractivity contribution is 0.00578. The maximum Gasteiger partial charge on any atom is 0.495 e. The fourth-order valence-electron chi connectivity index (χ4n) is 15.4. The number of nitrogens with one attached hydrogen (secondary N) is 2. The molecule has 0 amide bonds. The van der Waals surface area contributed by atoms with E-state index in [1.54, 1.807) is 18.5 Å². The molecule has 3 saturated heterocycles. The number of H-pyrrole nitrogens is 2. The monoisotopic (exact) mass is 1550 g/mol. The first kappa shape index (κ1) is 78.2. The average Bonchev–Trinajstić information content (AvgIpc) is 1.70. The van der Waals surface area contributed by atoms with Crippen molar-refractivity contribution < 1.29 is 43.2 Å². The molecule has 0 bridgehead atoms. The Morgan fingerprint density at radius 1 is 0.390 bits per heavy atom. The summed E-state index contributed by atoms with van der Waals surface area (Å²) in [6, 6.07) is 49.0. The first-order valence-electron chi connectivity index (χ1n) is 37.9. The molecule has 6 fully saturated rings. The zero-order valence-electron chi connectivity index (χ0n) is 63.1. The number of aliphatic hydroxyl groups excluding tert-OH is 3. The van der Waals surface area contributed by atoms with Gasteiger partial charge in [-0.05, 0) is 260 Å². The lowest BCUT2D eigenvalue weighted by atomic mass is 9.49. The van der Waals surface area contributed by atoms with Crippen LogP contribution in [0.2, 0.25) is 0 Å². The van der Waals surface area contributed by atoms with Gasteiger partial charge in [-0.25, -0.2) is 10.2 Å². The molecule has 3 saturated carbocycles. The number of nitrogens with zero attached hydrogens (tertiary/aromatic N) is 2. The van der Waals surface area contributed by atoms with Crippen LogP contribution in [0.1, 0.15) is 214 Å². The maximum absolute atomic E-state index is 11.9. The van der Waals surface area contributed by atoms with E-state index in [9.17, 15) is 24.9 Å². The SMILES string of the molecule is CC1(C)OB(B2OC(C)(C)C(C)(C)O2)OC1(C)C.CC1(C)OB(c2cccc3cc(C(O)C4CCCCC4)ccc23)OC1(C)C.O=c1[nH]ncc2cc(-c3cccc4cc(C(O)C5CCCCC5)ccc34)ccc12.O=c1[nH]ncc2cc(Br)ccc12.OC(c1ccc2c(Br)cccc2c1)C1CCCCC1. The lowest BCUT2D eigenvalue weighted by Gasteiger charge is -2.32. The van der Waals surface area contributed by atoms with Crippen molar-refractivity contribution in [3.8, 4) is 11.1 Å². The van der Waals surface area contributed by atoms with Gasteiger partial charge in [-0.15, -0.1) is 0 Å². The van der Waals surface area contributed by atoms with Gasteiger partial charge >= 0.3 is 21.1 Å². The van der Waals surface area contributed by atoms with Crippen molar-refractivity contribution in [3.63, 3.8) is 0 Å². The number of halogens is 2. The van der Waals surface area contributed by atoms with Crippen LogP contribution >= 0.6 is 31.9 Å². The van der Waals surface area contributed by atoms with E-state index in [4.69, 9.17) is 27.9 Å². The second-order valence-electron chi connectivity index (χ2n) is 32.6. The summed E-state index contributed by atoms with van der Waals surface area (Å²) in [6.07, 6.45) is 20.4. The zero-order valence-corrected chi connectivity index (χ0v) is 66.2. The van der Waals surface area contributed by atoms with Gasteiger partial charge in [0, 0.05) is 19.7 Å². The second kappa shape index (κ2) is 32.4. The van der Waals surface area contributed by atoms with Gasteiger partial charge < -0.3 is 43.2 Å². The van der Waals surface area contributed by atoms with Gasteiger partial charge in [0.05, 0.1) is 75.1 Å². The van der Waals surface area contributed by atoms with E-state index in [0.29, 0.717) is 28.5 Å². The van der Waals surface area contributed by atoms with Gasteiger partial charge in [0.2, 0.25) is 0 Å². The number of aliphatic hydroxyl groups is 3. The third-order valence-electron chi connectivity index (χ3n) is 23.9. The van der Waals surface area contributed by atoms with Crippen LogP contribution in [0.5, 0.6) is 0 Å². The Morgan fingerprint density at radius 3 is 1.21 bits per heavy atom. The number of fused-ring (bicyclic) bond motifs is 5. The van der Waals surface area contributed by atoms with E-state index in [-0.39, 0.29) is 70.2 Å². The zero-order chi connectivity index (χ0) is 74.8. The summed E-state index contributed by atoms with van der Waals surface area (Å²) in [4.78, 5) is 23.1. The van der Waals surface area contributed by atoms with Crippen LogP contribution in [0.3, 0.4) is 0 Å². The minimum atomic E-state index is -0.476. The minimum absolute atomic E-state index is 0.153. The third kappa shape index (κ3) is 17.5. The molecule has 2 aromatic heterocycles. The summed E-state index contributed by atoms with van der Waals surface area (Å²) >= 11 is 6.89. The molecular weight excluding hydrogens is 1450 g/mol. The second-order valence-corrected chi connectivity index (χ2v) is 34.4. The van der Waals surface area contributed by atoms with Gasteiger partial charge in [0.25, 0.3) is 11.1 Å². The topological polar surface area (TPSA) is 208 Å². The number of benzene rings is 8. The van der Waals surface area contributed by atoms with Crippen LogP contribution < -0.4 is 16.6 Å². The summed E-state index contributed by atoms with van der Waals surface area (Å²) in [5.41, 5.74) is 3.87. The number of rotatable bonds is 9. The highest BCUT2D eigenvalue weighted by atomic mass is 79.9. The van der Waals surface area contributed by atoms with Crippen molar-refractivity contribution in [2.24, 2.45) is 17.8 Å². The molecule has 0 radical (unpaired) electrons. The van der Waals surface area contributed by atoms with Gasteiger partial charge in [-0.2, -0.15) is 10.2 Å². The minimum Gasteiger partial charge on any atom is -0.405 e. The van der Waals surface area contributed by atoms with Gasteiger partial charge in [-0.1, -0.05) is 181 Å². The number of aromatic nitrogens is 4. The maximum atomic E-state index is 11.9. The Balaban J connectivity index is 0.000000127. The molecule has 552 valence electrons. The largest absolute Gasteiger partial charge is 0.495 e. The van der Waals surface area contributed by atoms with Gasteiger partial charge in [-0.3, -0.25) is 9.59 Å². The van der Waals surface area contributed by atoms with Crippen molar-refractivity contribution >= 4 is 112 Å². The molecule has 6 aliphatic rings. The third-order valence-corrected chi connectivity index (χ3v) is 25.1. The molecule has 3 aliphatic heterocycles. The van der Waals surface area contributed by atoms with Crippen LogP contribution in [0.4, 0.5) is 0 Å². The van der Waals surface area contributed by atoms with E-state index in [0.717, 1.165) is 113 Å². The first-order chi connectivity index (χ1) is 49.9. The quantitative estimate of drug-likeness (QED) is 0.0854. The Hall–Kier alpha value is -6.39. The summed E-state index contributed by atoms with van der Waals surface area (Å²) in [5, 5.41) is 54.7. The Kier molecular flexibility index (Phi) is 24.2.